The number of aliphatic hydroxyl groups excluding tert-OH is 2. The van der Waals surface area contributed by atoms with E-state index < -0.39 is 77.8 Å². The van der Waals surface area contributed by atoms with Gasteiger partial charge in [0.15, 0.2) is 6.17 Å². The number of hydrogen-bond donors (Lipinski definition) is 6. The molecule has 2 saturated heterocycles. The van der Waals surface area contributed by atoms with Crippen LogP contribution in [0.5, 0.6) is 11.6 Å². The monoisotopic (exact) mass is 1110 g/mol. The number of rotatable bonds is 23. The van der Waals surface area contributed by atoms with E-state index in [-0.39, 0.29) is 75.6 Å². The molecule has 0 saturated carbocycles. The summed E-state index contributed by atoms with van der Waals surface area (Å²) in [5.41, 5.74) is 10.9. The third kappa shape index (κ3) is 16.3. The minimum absolute atomic E-state index is 0.0442. The Hall–Kier alpha value is -7.02. The maximum atomic E-state index is 15.4. The fraction of sp³-hybridized carbons (Fsp3) is 0.481. The number of benzene rings is 2. The molecule has 1 unspecified atom stereocenters. The van der Waals surface area contributed by atoms with E-state index in [9.17, 15) is 47.4 Å². The number of piperidine rings is 1. The average molecular weight is 1110 g/mol. The lowest BCUT2D eigenvalue weighted by Crippen LogP contribution is -2.57. The number of nitrogens with one attached hydrogen (secondary N) is 3. The molecule has 19 nitrogen and oxygen atoms in total. The van der Waals surface area contributed by atoms with Gasteiger partial charge in [-0.15, -0.1) is 24.5 Å². The van der Waals surface area contributed by atoms with Crippen LogP contribution in [0.4, 0.5) is 17.6 Å². The number of pyridine rings is 1. The Kier molecular flexibility index (Phi) is 19.6. The van der Waals surface area contributed by atoms with Gasteiger partial charge in [-0.2, -0.15) is 0 Å². The molecule has 78 heavy (non-hydrogen) atoms. The second-order valence-corrected chi connectivity index (χ2v) is 21.5. The van der Waals surface area contributed by atoms with Crippen LogP contribution in [0.2, 0.25) is 0 Å². The average Bonchev–Trinajstić information content (AvgIpc) is 4.17. The van der Waals surface area contributed by atoms with E-state index in [4.69, 9.17) is 10.5 Å². The highest BCUT2D eigenvalue weighted by molar-refractivity contribution is 7.13. The van der Waals surface area contributed by atoms with Gasteiger partial charge < -0.3 is 50.4 Å². The minimum atomic E-state index is -4.85. The number of unbranched alkanes of at least 4 members (excludes halogenated alkanes) is 1. The van der Waals surface area contributed by atoms with Crippen LogP contribution < -0.4 is 31.2 Å². The van der Waals surface area contributed by atoms with E-state index >= 15 is 4.39 Å². The molecule has 2 aromatic carbocycles. The van der Waals surface area contributed by atoms with Gasteiger partial charge in [-0.05, 0) is 79.5 Å². The van der Waals surface area contributed by atoms with Gasteiger partial charge in [0.2, 0.25) is 29.5 Å². The van der Waals surface area contributed by atoms with Gasteiger partial charge >= 0.3 is 6.36 Å². The smallest absolute Gasteiger partial charge is 0.471 e. The van der Waals surface area contributed by atoms with Gasteiger partial charge in [0.1, 0.15) is 35.7 Å². The summed E-state index contributed by atoms with van der Waals surface area (Å²) in [7, 11) is 0. The molecule has 5 aromatic rings. The SMILES string of the molecule is Cc1ncsc1-c1ccc(CNC(=O)[C@@H]2C[C@@H](O)CN2C(=O)[C@@H](NC(=O)CCCC(O)NCCCCn2cnc(-c3cnc(O[C@@H]4CCN(C(=O)Cc5ccc(OC(F)(F)F)cc5)C[C@H]4F)c(C(N)=O)c3)c2)C(C)(C)C)cc1. The maximum Gasteiger partial charge on any atom is 0.573 e. The first-order valence-corrected chi connectivity index (χ1v) is 26.6. The van der Waals surface area contributed by atoms with Gasteiger partial charge in [0, 0.05) is 63.4 Å². The summed E-state index contributed by atoms with van der Waals surface area (Å²) in [6.07, 6.45) is -2.51. The van der Waals surface area contributed by atoms with Crippen molar-refractivity contribution in [3.05, 3.63) is 101 Å². The molecule has 2 aliphatic heterocycles. The number of carbonyl (C=O) groups excluding carboxylic acids is 5. The quantitative estimate of drug-likeness (QED) is 0.0265. The third-order valence-corrected chi connectivity index (χ3v) is 14.4. The summed E-state index contributed by atoms with van der Waals surface area (Å²) in [4.78, 5) is 82.9. The zero-order valence-electron chi connectivity index (χ0n) is 43.8. The number of nitrogens with zero attached hydrogens (tertiary/aromatic N) is 6. The lowest BCUT2D eigenvalue weighted by atomic mass is 9.85. The fourth-order valence-corrected chi connectivity index (χ4v) is 10.0. The zero-order chi connectivity index (χ0) is 56.3. The van der Waals surface area contributed by atoms with Crippen LogP contribution in [0.15, 0.2) is 78.8 Å². The highest BCUT2D eigenvalue weighted by atomic mass is 32.1. The molecule has 0 spiro atoms. The molecular weight excluding hydrogens is 1040 g/mol. The van der Waals surface area contributed by atoms with E-state index in [1.807, 2.05) is 56.5 Å². The van der Waals surface area contributed by atoms with Crippen molar-refractivity contribution in [2.45, 2.75) is 135 Å². The number of amides is 5. The number of primary amides is 1. The van der Waals surface area contributed by atoms with Crippen molar-refractivity contribution in [3.8, 4) is 33.3 Å². The van der Waals surface area contributed by atoms with Crippen molar-refractivity contribution in [1.82, 2.24) is 45.3 Å². The number of likely N-dealkylation sites (tertiary alicyclic amines) is 2. The first-order chi connectivity index (χ1) is 37.0. The predicted octanol–water partition coefficient (Wildman–Crippen LogP) is 5.60. The minimum Gasteiger partial charge on any atom is -0.471 e. The van der Waals surface area contributed by atoms with Crippen LogP contribution in [-0.2, 0) is 38.7 Å². The van der Waals surface area contributed by atoms with Crippen molar-refractivity contribution in [3.63, 3.8) is 0 Å². The van der Waals surface area contributed by atoms with Gasteiger partial charge in [-0.1, -0.05) is 57.2 Å². The Balaban J connectivity index is 0.797. The summed E-state index contributed by atoms with van der Waals surface area (Å²) in [6, 6.07) is 12.2. The standard InChI is InChI=1S/C54H66F4N10O9S/c1-32-47(78-31-64-32)35-14-10-34(11-15-35)25-61-50(74)42-24-37(69)27-68(42)52(75)48(53(2,3)4)65-45(71)9-7-8-44(70)60-19-5-6-20-66-29-41(63-30-66)36-23-39(49(59)73)51(62-26-36)76-43-18-21-67(28-40(43)55)46(72)22-33-12-16-38(17-13-33)77-54(56,57)58/h10-17,23,26,29-31,37,40,42-44,48,60,69-70H,5-9,18-22,24-25,27-28H2,1-4H3,(H2,59,73)(H,61,74)(H,65,71)/t37-,40-,42+,43-,44?,48-/m1/s1. The van der Waals surface area contributed by atoms with E-state index in [0.717, 1.165) is 33.8 Å². The number of nitrogens with two attached hydrogens (primary N) is 1. The fourth-order valence-electron chi connectivity index (χ4n) is 9.24. The van der Waals surface area contributed by atoms with Crippen molar-refractivity contribution in [2.75, 3.05) is 26.2 Å². The number of alkyl halides is 4. The number of thiazole rings is 1. The normalized spacial score (nSPS) is 18.5. The number of hydrogen-bond acceptors (Lipinski definition) is 14. The molecule has 2 fully saturated rings. The van der Waals surface area contributed by atoms with Crippen molar-refractivity contribution >= 4 is 40.9 Å². The molecule has 5 heterocycles. The number of aryl methyl sites for hydroxylation is 2. The first kappa shape index (κ1) is 58.7. The largest absolute Gasteiger partial charge is 0.573 e. The topological polar surface area (TPSA) is 256 Å². The molecule has 0 bridgehead atoms. The van der Waals surface area contributed by atoms with Crippen LogP contribution >= 0.6 is 11.3 Å². The van der Waals surface area contributed by atoms with E-state index in [0.29, 0.717) is 49.2 Å². The second-order valence-electron chi connectivity index (χ2n) is 20.6. The Morgan fingerprint density at radius 1 is 0.949 bits per heavy atom. The highest BCUT2D eigenvalue weighted by Gasteiger charge is 2.44. The third-order valence-electron chi connectivity index (χ3n) is 13.5. The number of imidazole rings is 1. The van der Waals surface area contributed by atoms with Gasteiger partial charge in [0.25, 0.3) is 5.91 Å². The van der Waals surface area contributed by atoms with Crippen LogP contribution in [0, 0.1) is 12.3 Å². The van der Waals surface area contributed by atoms with Crippen LogP contribution in [0.3, 0.4) is 0 Å². The lowest BCUT2D eigenvalue weighted by molar-refractivity contribution is -0.274. The first-order valence-electron chi connectivity index (χ1n) is 25.7. The summed E-state index contributed by atoms with van der Waals surface area (Å²) in [6.45, 7) is 8.45. The molecule has 0 radical (unpaired) electrons. The summed E-state index contributed by atoms with van der Waals surface area (Å²) in [5, 5.41) is 30.1. The van der Waals surface area contributed by atoms with E-state index in [1.54, 1.807) is 29.4 Å². The van der Waals surface area contributed by atoms with Gasteiger partial charge in [0.05, 0.1) is 47.2 Å². The molecule has 0 aliphatic carbocycles. The number of β-amino-alcohol motifs (C(OH)–C–C–N with tert-alkyl or cyclic N) is 1. The molecule has 6 atom stereocenters. The zero-order valence-corrected chi connectivity index (χ0v) is 44.6. The molecular formula is C54H66F4N10O9S. The number of carbonyl (C=O) groups is 5. The second kappa shape index (κ2) is 26.1. The van der Waals surface area contributed by atoms with Gasteiger partial charge in [-0.3, -0.25) is 29.3 Å². The highest BCUT2D eigenvalue weighted by Crippen LogP contribution is 2.31. The summed E-state index contributed by atoms with van der Waals surface area (Å²) >= 11 is 1.55. The number of aromatic nitrogens is 4. The summed E-state index contributed by atoms with van der Waals surface area (Å²) in [5.74, 6) is -3.13. The molecule has 3 aromatic heterocycles. The van der Waals surface area contributed by atoms with Crippen LogP contribution in [0.1, 0.15) is 92.9 Å². The molecule has 24 heteroatoms. The Morgan fingerprint density at radius 2 is 1.68 bits per heavy atom. The lowest BCUT2D eigenvalue weighted by Gasteiger charge is -2.35. The number of ether oxygens (including phenoxy) is 2. The summed E-state index contributed by atoms with van der Waals surface area (Å²) < 4.78 is 64.4. The van der Waals surface area contributed by atoms with Gasteiger partial charge in [-0.25, -0.2) is 19.3 Å². The predicted molar refractivity (Wildman–Crippen MR) is 280 cm³/mol. The van der Waals surface area contributed by atoms with Crippen LogP contribution in [-0.4, -0.2) is 138 Å². The molecule has 5 amide bonds. The Bertz CT molecular complexity index is 2860. The molecule has 2 aliphatic rings. The molecule has 7 N–H and O–H groups in total. The van der Waals surface area contributed by atoms with Crippen molar-refractivity contribution < 1.29 is 61.2 Å². The maximum absolute atomic E-state index is 15.4. The number of halogens is 4. The molecule has 7 rings (SSSR count). The van der Waals surface area contributed by atoms with Crippen LogP contribution in [0.25, 0.3) is 21.7 Å². The van der Waals surface area contributed by atoms with E-state index in [2.05, 4.69) is 35.6 Å². The molecule has 420 valence electrons. The van der Waals surface area contributed by atoms with Crippen molar-refractivity contribution in [2.24, 2.45) is 11.1 Å². The van der Waals surface area contributed by atoms with Crippen molar-refractivity contribution in [1.29, 1.82) is 0 Å². The Labute approximate surface area is 452 Å². The van der Waals surface area contributed by atoms with E-state index in [1.165, 1.54) is 34.2 Å². The number of aliphatic hydroxyl groups is 2. The Morgan fingerprint density at radius 3 is 2.35 bits per heavy atom.